The molecule has 2 heterocycles. The monoisotopic (exact) mass is 407 g/mol. The molecule has 30 heavy (non-hydrogen) atoms. The molecule has 0 N–H and O–H groups in total. The molecule has 0 fully saturated rings. The van der Waals surface area contributed by atoms with E-state index in [2.05, 4.69) is 5.10 Å². The number of Topliss-reactive ketones (excluding diaryl/α,β-unsaturated/α-hetero) is 1. The van der Waals surface area contributed by atoms with E-state index in [4.69, 9.17) is 4.74 Å². The third kappa shape index (κ3) is 4.40. The van der Waals surface area contributed by atoms with Gasteiger partial charge in [0.25, 0.3) is 5.56 Å². The number of ketones is 1. The van der Waals surface area contributed by atoms with E-state index in [-0.39, 0.29) is 17.0 Å². The molecule has 2 aromatic heterocycles. The van der Waals surface area contributed by atoms with Crippen molar-refractivity contribution in [3.63, 3.8) is 0 Å². The highest BCUT2D eigenvalue weighted by Crippen LogP contribution is 2.21. The topological polar surface area (TPSA) is 83.2 Å². The molecule has 0 saturated carbocycles. The zero-order valence-electron chi connectivity index (χ0n) is 17.6. The van der Waals surface area contributed by atoms with Gasteiger partial charge in [-0.1, -0.05) is 24.6 Å². The second-order valence-corrected chi connectivity index (χ2v) is 7.24. The Kier molecular flexibility index (Phi) is 6.30. The van der Waals surface area contributed by atoms with Gasteiger partial charge < -0.3 is 9.30 Å². The number of hydrogen-bond donors (Lipinski definition) is 0. The number of aromatic nitrogens is 3. The lowest BCUT2D eigenvalue weighted by Gasteiger charge is -2.10. The Hall–Kier alpha value is -3.48. The normalized spacial score (nSPS) is 10.8. The molecule has 3 rings (SSSR count). The second-order valence-electron chi connectivity index (χ2n) is 7.24. The summed E-state index contributed by atoms with van der Waals surface area (Å²) in [6.07, 6.45) is 0.709. The summed E-state index contributed by atoms with van der Waals surface area (Å²) >= 11 is 0. The van der Waals surface area contributed by atoms with E-state index in [1.807, 2.05) is 56.5 Å². The predicted molar refractivity (Wildman–Crippen MR) is 113 cm³/mol. The lowest BCUT2D eigenvalue weighted by molar-refractivity contribution is 0.0466. The van der Waals surface area contributed by atoms with Crippen LogP contribution < -0.4 is 5.56 Å². The summed E-state index contributed by atoms with van der Waals surface area (Å²) in [5.74, 6) is -1.03. The fourth-order valence-corrected chi connectivity index (χ4v) is 3.35. The van der Waals surface area contributed by atoms with Crippen LogP contribution in [0.25, 0.3) is 5.69 Å². The first-order valence-corrected chi connectivity index (χ1v) is 9.86. The average molecular weight is 407 g/mol. The molecule has 0 aliphatic carbocycles. The third-order valence-electron chi connectivity index (χ3n) is 4.87. The van der Waals surface area contributed by atoms with E-state index in [0.29, 0.717) is 18.5 Å². The molecule has 0 radical (unpaired) electrons. The van der Waals surface area contributed by atoms with E-state index < -0.39 is 12.6 Å². The van der Waals surface area contributed by atoms with Gasteiger partial charge in [0.15, 0.2) is 12.3 Å². The van der Waals surface area contributed by atoms with Gasteiger partial charge in [0, 0.05) is 35.2 Å². The lowest BCUT2D eigenvalue weighted by atomic mass is 10.1. The molecule has 0 spiro atoms. The molecule has 0 saturated heterocycles. The van der Waals surface area contributed by atoms with Crippen LogP contribution in [0.3, 0.4) is 0 Å². The molecule has 7 nitrogen and oxygen atoms in total. The Balaban J connectivity index is 1.75. The molecule has 0 amide bonds. The number of carbonyl (C=O) groups is 2. The summed E-state index contributed by atoms with van der Waals surface area (Å²) in [6.45, 7) is 7.73. The molecule has 0 unspecified atom stereocenters. The standard InChI is InChI=1S/C23H25N3O4/c1-5-12-25-22(28)11-10-20(24-25)23(29)30-14-21(27)19-13-16(3)26(17(19)4)18-8-6-15(2)7-9-18/h6-11,13H,5,12,14H2,1-4H3. The molecule has 0 atom stereocenters. The van der Waals surface area contributed by atoms with E-state index in [1.54, 1.807) is 6.07 Å². The Morgan fingerprint density at radius 3 is 2.40 bits per heavy atom. The summed E-state index contributed by atoms with van der Waals surface area (Å²) in [5, 5.41) is 4.01. The summed E-state index contributed by atoms with van der Waals surface area (Å²) in [6, 6.07) is 12.4. The number of benzene rings is 1. The molecule has 3 aromatic rings. The van der Waals surface area contributed by atoms with Gasteiger partial charge in [-0.15, -0.1) is 0 Å². The number of aryl methyl sites for hydroxylation is 3. The van der Waals surface area contributed by atoms with Crippen molar-refractivity contribution < 1.29 is 14.3 Å². The van der Waals surface area contributed by atoms with Crippen molar-refractivity contribution in [1.29, 1.82) is 0 Å². The Labute approximate surface area is 174 Å². The molecular formula is C23H25N3O4. The molecule has 0 bridgehead atoms. The number of esters is 1. The SMILES string of the molecule is CCCn1nc(C(=O)OCC(=O)c2cc(C)n(-c3ccc(C)cc3)c2C)ccc1=O. The van der Waals surface area contributed by atoms with Crippen LogP contribution in [0.1, 0.15) is 51.1 Å². The van der Waals surface area contributed by atoms with Crippen molar-refractivity contribution in [3.05, 3.63) is 81.0 Å². The highest BCUT2D eigenvalue weighted by atomic mass is 16.5. The second kappa shape index (κ2) is 8.90. The van der Waals surface area contributed by atoms with Crippen LogP contribution in [0.2, 0.25) is 0 Å². The first kappa shape index (κ1) is 21.2. The first-order chi connectivity index (χ1) is 14.3. The molecule has 0 aliphatic rings. The fourth-order valence-electron chi connectivity index (χ4n) is 3.35. The molecule has 0 aliphatic heterocycles. The molecular weight excluding hydrogens is 382 g/mol. The number of carbonyl (C=O) groups excluding carboxylic acids is 2. The van der Waals surface area contributed by atoms with Gasteiger partial charge in [-0.3, -0.25) is 9.59 Å². The number of rotatable bonds is 7. The van der Waals surface area contributed by atoms with Crippen molar-refractivity contribution in [1.82, 2.24) is 14.3 Å². The zero-order chi connectivity index (χ0) is 21.8. The summed E-state index contributed by atoms with van der Waals surface area (Å²) < 4.78 is 8.38. The van der Waals surface area contributed by atoms with Crippen molar-refractivity contribution in [2.24, 2.45) is 0 Å². The number of ether oxygens (including phenoxy) is 1. The van der Waals surface area contributed by atoms with Gasteiger partial charge in [-0.2, -0.15) is 5.10 Å². The molecule has 156 valence electrons. The summed E-state index contributed by atoms with van der Waals surface area (Å²) in [7, 11) is 0. The van der Waals surface area contributed by atoms with E-state index >= 15 is 0 Å². The fraction of sp³-hybridized carbons (Fsp3) is 0.304. The summed E-state index contributed by atoms with van der Waals surface area (Å²) in [4.78, 5) is 36.7. The molecule has 7 heteroatoms. The van der Waals surface area contributed by atoms with Crippen LogP contribution in [0.4, 0.5) is 0 Å². The Bertz CT molecular complexity index is 1140. The largest absolute Gasteiger partial charge is 0.453 e. The van der Waals surface area contributed by atoms with Crippen LogP contribution in [0.5, 0.6) is 0 Å². The smallest absolute Gasteiger partial charge is 0.359 e. The van der Waals surface area contributed by atoms with Gasteiger partial charge in [0.05, 0.1) is 0 Å². The van der Waals surface area contributed by atoms with Crippen LogP contribution in [0.15, 0.2) is 47.3 Å². The summed E-state index contributed by atoms with van der Waals surface area (Å²) in [5.41, 5.74) is 4.04. The van der Waals surface area contributed by atoms with Crippen molar-refractivity contribution >= 4 is 11.8 Å². The van der Waals surface area contributed by atoms with E-state index in [9.17, 15) is 14.4 Å². The highest BCUT2D eigenvalue weighted by molar-refractivity contribution is 6.00. The minimum absolute atomic E-state index is 0.000906. The zero-order valence-corrected chi connectivity index (χ0v) is 17.6. The van der Waals surface area contributed by atoms with Gasteiger partial charge in [0.1, 0.15) is 0 Å². The van der Waals surface area contributed by atoms with Crippen LogP contribution in [-0.2, 0) is 11.3 Å². The van der Waals surface area contributed by atoms with Gasteiger partial charge in [-0.05, 0) is 51.5 Å². The maximum atomic E-state index is 12.7. The number of nitrogens with zero attached hydrogens (tertiary/aromatic N) is 3. The Morgan fingerprint density at radius 1 is 1.03 bits per heavy atom. The van der Waals surface area contributed by atoms with Gasteiger partial charge in [0.2, 0.25) is 5.78 Å². The number of hydrogen-bond acceptors (Lipinski definition) is 5. The van der Waals surface area contributed by atoms with Gasteiger partial charge in [-0.25, -0.2) is 9.48 Å². The lowest BCUT2D eigenvalue weighted by Crippen LogP contribution is -2.25. The predicted octanol–water partition coefficient (Wildman–Crippen LogP) is 3.41. The van der Waals surface area contributed by atoms with Gasteiger partial charge >= 0.3 is 5.97 Å². The minimum atomic E-state index is -0.736. The van der Waals surface area contributed by atoms with Crippen molar-refractivity contribution in [2.45, 2.75) is 40.7 Å². The van der Waals surface area contributed by atoms with Crippen LogP contribution >= 0.6 is 0 Å². The maximum absolute atomic E-state index is 12.7. The van der Waals surface area contributed by atoms with Crippen molar-refractivity contribution in [2.75, 3.05) is 6.61 Å². The van der Waals surface area contributed by atoms with Crippen LogP contribution in [-0.4, -0.2) is 32.7 Å². The first-order valence-electron chi connectivity index (χ1n) is 9.86. The van der Waals surface area contributed by atoms with Crippen LogP contribution in [0, 0.1) is 20.8 Å². The quantitative estimate of drug-likeness (QED) is 0.443. The minimum Gasteiger partial charge on any atom is -0.453 e. The van der Waals surface area contributed by atoms with E-state index in [1.165, 1.54) is 16.8 Å². The highest BCUT2D eigenvalue weighted by Gasteiger charge is 2.19. The third-order valence-corrected chi connectivity index (χ3v) is 4.87. The van der Waals surface area contributed by atoms with E-state index in [0.717, 1.165) is 22.6 Å². The average Bonchev–Trinajstić information content (AvgIpc) is 3.02. The Morgan fingerprint density at radius 2 is 1.73 bits per heavy atom. The maximum Gasteiger partial charge on any atom is 0.359 e. The van der Waals surface area contributed by atoms with Crippen molar-refractivity contribution in [3.8, 4) is 5.69 Å². The molecule has 1 aromatic carbocycles.